The second-order valence-corrected chi connectivity index (χ2v) is 7.44. The maximum absolute atomic E-state index is 11.5. The highest BCUT2D eigenvalue weighted by Gasteiger charge is 2.36. The normalized spacial score (nSPS) is 25.3. The number of aryl methyl sites for hydroxylation is 1. The van der Waals surface area contributed by atoms with Crippen LogP contribution in [0.1, 0.15) is 5.56 Å². The molecule has 1 aromatic rings. The van der Waals surface area contributed by atoms with Gasteiger partial charge in [0, 0.05) is 25.5 Å². The number of anilines is 2. The van der Waals surface area contributed by atoms with Gasteiger partial charge < -0.3 is 15.3 Å². The molecule has 19 heavy (non-hydrogen) atoms. The number of hydrogen-bond acceptors (Lipinski definition) is 5. The van der Waals surface area contributed by atoms with Crippen LogP contribution in [-0.4, -0.2) is 51.3 Å². The number of rotatable bonds is 3. The third-order valence-electron chi connectivity index (χ3n) is 3.37. The smallest absolute Gasteiger partial charge is 0.155 e. The fourth-order valence-electron chi connectivity index (χ4n) is 2.36. The Balaban J connectivity index is 2.18. The molecule has 0 aromatic heterocycles. The lowest BCUT2D eigenvalue weighted by molar-refractivity contribution is 0.190. The van der Waals surface area contributed by atoms with Crippen molar-refractivity contribution in [1.82, 2.24) is 0 Å². The molecule has 2 N–H and O–H groups in total. The van der Waals surface area contributed by atoms with Gasteiger partial charge in [-0.1, -0.05) is 6.07 Å². The molecule has 5 nitrogen and oxygen atoms in total. The van der Waals surface area contributed by atoms with Gasteiger partial charge >= 0.3 is 0 Å². The molecule has 2 atom stereocenters. The fourth-order valence-corrected chi connectivity index (χ4v) is 4.10. The average molecular weight is 284 g/mol. The standard InChI is InChI=1S/C13H20N2O3S/c1-9-4-5-10(6-12(9)15(2)3)14-11-7-19(17,18)8-13(11)16/h4-6,11,13-14,16H,7-8H2,1-3H3. The first-order valence-corrected chi connectivity index (χ1v) is 8.03. The molecule has 1 fully saturated rings. The Morgan fingerprint density at radius 3 is 2.53 bits per heavy atom. The van der Waals surface area contributed by atoms with Gasteiger partial charge in [0.05, 0.1) is 23.7 Å². The summed E-state index contributed by atoms with van der Waals surface area (Å²) in [5.74, 6) is -0.170. The number of nitrogens with zero attached hydrogens (tertiary/aromatic N) is 1. The van der Waals surface area contributed by atoms with Crippen molar-refractivity contribution in [3.63, 3.8) is 0 Å². The molecule has 0 bridgehead atoms. The van der Waals surface area contributed by atoms with E-state index >= 15 is 0 Å². The lowest BCUT2D eigenvalue weighted by atomic mass is 10.1. The topological polar surface area (TPSA) is 69.6 Å². The van der Waals surface area contributed by atoms with E-state index in [9.17, 15) is 13.5 Å². The van der Waals surface area contributed by atoms with Gasteiger partial charge in [-0.05, 0) is 24.6 Å². The summed E-state index contributed by atoms with van der Waals surface area (Å²) in [7, 11) is 0.796. The van der Waals surface area contributed by atoms with E-state index in [1.807, 2.05) is 44.1 Å². The van der Waals surface area contributed by atoms with Crippen molar-refractivity contribution in [3.8, 4) is 0 Å². The zero-order chi connectivity index (χ0) is 14.2. The van der Waals surface area contributed by atoms with E-state index in [2.05, 4.69) is 5.32 Å². The fraction of sp³-hybridized carbons (Fsp3) is 0.538. The summed E-state index contributed by atoms with van der Waals surface area (Å²) in [5, 5.41) is 12.9. The van der Waals surface area contributed by atoms with Crippen molar-refractivity contribution in [3.05, 3.63) is 23.8 Å². The number of sulfone groups is 1. The van der Waals surface area contributed by atoms with Gasteiger partial charge in [-0.2, -0.15) is 0 Å². The summed E-state index contributed by atoms with van der Waals surface area (Å²) in [4.78, 5) is 2.00. The highest BCUT2D eigenvalue weighted by atomic mass is 32.2. The first-order valence-electron chi connectivity index (χ1n) is 6.21. The zero-order valence-electron chi connectivity index (χ0n) is 11.4. The lowest BCUT2D eigenvalue weighted by Crippen LogP contribution is -2.31. The molecule has 1 heterocycles. The summed E-state index contributed by atoms with van der Waals surface area (Å²) in [6.07, 6.45) is -0.839. The molecule has 1 aliphatic rings. The number of benzene rings is 1. The Bertz CT molecular complexity index is 569. The summed E-state index contributed by atoms with van der Waals surface area (Å²) in [5.41, 5.74) is 3.05. The van der Waals surface area contributed by atoms with Crippen LogP contribution in [0.15, 0.2) is 18.2 Å². The minimum atomic E-state index is -3.12. The molecule has 2 unspecified atom stereocenters. The number of hydrogen-bond donors (Lipinski definition) is 2. The van der Waals surface area contributed by atoms with Crippen LogP contribution in [0.3, 0.4) is 0 Å². The summed E-state index contributed by atoms with van der Waals surface area (Å²) < 4.78 is 22.9. The van der Waals surface area contributed by atoms with E-state index in [0.717, 1.165) is 16.9 Å². The number of aliphatic hydroxyl groups is 1. The molecule has 0 amide bonds. The van der Waals surface area contributed by atoms with Crippen LogP contribution in [0, 0.1) is 6.92 Å². The van der Waals surface area contributed by atoms with E-state index < -0.39 is 22.0 Å². The van der Waals surface area contributed by atoms with E-state index in [-0.39, 0.29) is 11.5 Å². The molecule has 6 heteroatoms. The van der Waals surface area contributed by atoms with Crippen LogP contribution in [0.2, 0.25) is 0 Å². The van der Waals surface area contributed by atoms with Gasteiger partial charge in [0.2, 0.25) is 0 Å². The maximum atomic E-state index is 11.5. The summed E-state index contributed by atoms with van der Waals surface area (Å²) in [6.45, 7) is 2.02. The Morgan fingerprint density at radius 2 is 2.00 bits per heavy atom. The molecule has 0 saturated carbocycles. The highest BCUT2D eigenvalue weighted by Crippen LogP contribution is 2.25. The Labute approximate surface area is 114 Å². The summed E-state index contributed by atoms with van der Waals surface area (Å²) in [6, 6.07) is 5.42. The molecule has 2 rings (SSSR count). The Kier molecular flexibility index (Phi) is 3.73. The molecule has 0 radical (unpaired) electrons. The van der Waals surface area contributed by atoms with Crippen LogP contribution in [0.25, 0.3) is 0 Å². The van der Waals surface area contributed by atoms with E-state index in [4.69, 9.17) is 0 Å². The average Bonchev–Trinajstić information content (AvgIpc) is 2.54. The van der Waals surface area contributed by atoms with E-state index in [0.29, 0.717) is 0 Å². The first-order chi connectivity index (χ1) is 8.78. The monoisotopic (exact) mass is 284 g/mol. The van der Waals surface area contributed by atoms with Crippen molar-refractivity contribution >= 4 is 21.2 Å². The molecule has 0 spiro atoms. The van der Waals surface area contributed by atoms with Crippen LogP contribution >= 0.6 is 0 Å². The molecule has 106 valence electrons. The molecular weight excluding hydrogens is 264 g/mol. The molecule has 1 aliphatic heterocycles. The van der Waals surface area contributed by atoms with Gasteiger partial charge in [0.1, 0.15) is 0 Å². The van der Waals surface area contributed by atoms with E-state index in [1.165, 1.54) is 0 Å². The minimum absolute atomic E-state index is 0.0145. The third-order valence-corrected chi connectivity index (χ3v) is 5.08. The van der Waals surface area contributed by atoms with Crippen LogP contribution in [0.4, 0.5) is 11.4 Å². The van der Waals surface area contributed by atoms with Crippen molar-refractivity contribution in [1.29, 1.82) is 0 Å². The predicted molar refractivity (Wildman–Crippen MR) is 77.6 cm³/mol. The Morgan fingerprint density at radius 1 is 1.32 bits per heavy atom. The van der Waals surface area contributed by atoms with Crippen molar-refractivity contribution in [2.24, 2.45) is 0 Å². The number of aliphatic hydroxyl groups excluding tert-OH is 1. The van der Waals surface area contributed by atoms with Crippen molar-refractivity contribution < 1.29 is 13.5 Å². The molecular formula is C13H20N2O3S. The highest BCUT2D eigenvalue weighted by molar-refractivity contribution is 7.91. The van der Waals surface area contributed by atoms with E-state index in [1.54, 1.807) is 0 Å². The maximum Gasteiger partial charge on any atom is 0.155 e. The lowest BCUT2D eigenvalue weighted by Gasteiger charge is -2.20. The van der Waals surface area contributed by atoms with Crippen LogP contribution in [0.5, 0.6) is 0 Å². The number of nitrogens with one attached hydrogen (secondary N) is 1. The minimum Gasteiger partial charge on any atom is -0.390 e. The van der Waals surface area contributed by atoms with Crippen LogP contribution < -0.4 is 10.2 Å². The van der Waals surface area contributed by atoms with Gasteiger partial charge in [-0.3, -0.25) is 0 Å². The second-order valence-electron chi connectivity index (χ2n) is 5.29. The SMILES string of the molecule is Cc1ccc(NC2CS(=O)(=O)CC2O)cc1N(C)C. The summed E-state index contributed by atoms with van der Waals surface area (Å²) >= 11 is 0. The van der Waals surface area contributed by atoms with Gasteiger partial charge in [-0.15, -0.1) is 0 Å². The van der Waals surface area contributed by atoms with Crippen molar-refractivity contribution in [2.45, 2.75) is 19.1 Å². The Hall–Kier alpha value is -1.27. The molecule has 1 aromatic carbocycles. The van der Waals surface area contributed by atoms with Gasteiger partial charge in [0.15, 0.2) is 9.84 Å². The molecule has 0 aliphatic carbocycles. The zero-order valence-corrected chi connectivity index (χ0v) is 12.2. The first kappa shape index (κ1) is 14.1. The van der Waals surface area contributed by atoms with Gasteiger partial charge in [-0.25, -0.2) is 8.42 Å². The van der Waals surface area contributed by atoms with Crippen LogP contribution in [-0.2, 0) is 9.84 Å². The third kappa shape index (κ3) is 3.19. The quantitative estimate of drug-likeness (QED) is 0.852. The largest absolute Gasteiger partial charge is 0.390 e. The van der Waals surface area contributed by atoms with Crippen molar-refractivity contribution in [2.75, 3.05) is 35.8 Å². The predicted octanol–water partition coefficient (Wildman–Crippen LogP) is 0.631. The van der Waals surface area contributed by atoms with Gasteiger partial charge in [0.25, 0.3) is 0 Å². The second kappa shape index (κ2) is 5.02. The molecule has 1 saturated heterocycles.